The standard InChI is InChI=1S/C9H17N3O4/c1-10-9(16)12-7(13)4-6-11-5-2-3-8(14)15/h11H,2-6H2,1H3,(H,14,15)(H2,10,12,13,16). The third-order valence-corrected chi connectivity index (χ3v) is 1.75. The van der Waals surface area contributed by atoms with Crippen LogP contribution in [0.2, 0.25) is 0 Å². The van der Waals surface area contributed by atoms with Crippen LogP contribution in [-0.4, -0.2) is 43.2 Å². The fraction of sp³-hybridized carbons (Fsp3) is 0.667. The molecular weight excluding hydrogens is 214 g/mol. The number of carboxylic acids is 1. The zero-order chi connectivity index (χ0) is 12.4. The third-order valence-electron chi connectivity index (χ3n) is 1.75. The number of carbonyl (C=O) groups excluding carboxylic acids is 2. The van der Waals surface area contributed by atoms with Gasteiger partial charge in [0, 0.05) is 26.4 Å². The summed E-state index contributed by atoms with van der Waals surface area (Å²) in [6.07, 6.45) is 0.810. The molecule has 0 heterocycles. The summed E-state index contributed by atoms with van der Waals surface area (Å²) in [5.74, 6) is -1.20. The van der Waals surface area contributed by atoms with Crippen molar-refractivity contribution in [3.8, 4) is 0 Å². The Labute approximate surface area is 93.6 Å². The van der Waals surface area contributed by atoms with Crippen LogP contribution < -0.4 is 16.0 Å². The van der Waals surface area contributed by atoms with Crippen LogP contribution in [-0.2, 0) is 9.59 Å². The largest absolute Gasteiger partial charge is 0.481 e. The van der Waals surface area contributed by atoms with Crippen molar-refractivity contribution in [1.82, 2.24) is 16.0 Å². The first-order valence-electron chi connectivity index (χ1n) is 5.00. The number of rotatable bonds is 7. The van der Waals surface area contributed by atoms with E-state index < -0.39 is 12.0 Å². The third kappa shape index (κ3) is 8.95. The Morgan fingerprint density at radius 2 is 1.81 bits per heavy atom. The first-order valence-corrected chi connectivity index (χ1v) is 5.00. The maximum absolute atomic E-state index is 11.0. The molecule has 0 aromatic rings. The Bertz CT molecular complexity index is 255. The van der Waals surface area contributed by atoms with E-state index in [2.05, 4.69) is 16.0 Å². The van der Waals surface area contributed by atoms with Crippen molar-refractivity contribution in [3.63, 3.8) is 0 Å². The summed E-state index contributed by atoms with van der Waals surface area (Å²) >= 11 is 0. The highest BCUT2D eigenvalue weighted by atomic mass is 16.4. The first-order chi connectivity index (χ1) is 7.56. The van der Waals surface area contributed by atoms with Gasteiger partial charge in [0.15, 0.2) is 0 Å². The van der Waals surface area contributed by atoms with Crippen LogP contribution in [0.25, 0.3) is 0 Å². The van der Waals surface area contributed by atoms with Gasteiger partial charge in [0.1, 0.15) is 0 Å². The number of nitrogens with one attached hydrogen (secondary N) is 3. The molecule has 0 aromatic carbocycles. The predicted molar refractivity (Wildman–Crippen MR) is 57.0 cm³/mol. The Balaban J connectivity index is 3.34. The summed E-state index contributed by atoms with van der Waals surface area (Å²) in [7, 11) is 1.42. The monoisotopic (exact) mass is 231 g/mol. The Hall–Kier alpha value is -1.63. The van der Waals surface area contributed by atoms with Gasteiger partial charge in [0.25, 0.3) is 0 Å². The Morgan fingerprint density at radius 3 is 2.38 bits per heavy atom. The van der Waals surface area contributed by atoms with Crippen molar-refractivity contribution in [3.05, 3.63) is 0 Å². The van der Waals surface area contributed by atoms with Gasteiger partial charge in [-0.3, -0.25) is 14.9 Å². The van der Waals surface area contributed by atoms with Crippen LogP contribution in [0, 0.1) is 0 Å². The van der Waals surface area contributed by atoms with Crippen LogP contribution in [0.3, 0.4) is 0 Å². The van der Waals surface area contributed by atoms with Crippen molar-refractivity contribution < 1.29 is 19.5 Å². The molecule has 0 radical (unpaired) electrons. The molecule has 92 valence electrons. The Kier molecular flexibility index (Phi) is 7.78. The van der Waals surface area contributed by atoms with E-state index in [1.165, 1.54) is 7.05 Å². The minimum absolute atomic E-state index is 0.109. The zero-order valence-electron chi connectivity index (χ0n) is 9.21. The average Bonchev–Trinajstić information content (AvgIpc) is 2.22. The van der Waals surface area contributed by atoms with E-state index >= 15 is 0 Å². The SMILES string of the molecule is CNC(=O)NC(=O)CCNCCCC(=O)O. The number of imide groups is 1. The molecule has 7 heteroatoms. The van der Waals surface area contributed by atoms with E-state index in [9.17, 15) is 14.4 Å². The Morgan fingerprint density at radius 1 is 1.12 bits per heavy atom. The molecule has 0 bridgehead atoms. The number of urea groups is 1. The number of hydrogen-bond donors (Lipinski definition) is 4. The van der Waals surface area contributed by atoms with Crippen molar-refractivity contribution in [2.45, 2.75) is 19.3 Å². The van der Waals surface area contributed by atoms with Crippen LogP contribution in [0.4, 0.5) is 4.79 Å². The second-order valence-corrected chi connectivity index (χ2v) is 3.12. The number of amides is 3. The first kappa shape index (κ1) is 14.4. The summed E-state index contributed by atoms with van der Waals surface area (Å²) in [4.78, 5) is 31.9. The molecule has 0 spiro atoms. The van der Waals surface area contributed by atoms with Gasteiger partial charge in [-0.15, -0.1) is 0 Å². The zero-order valence-corrected chi connectivity index (χ0v) is 9.21. The second-order valence-electron chi connectivity index (χ2n) is 3.12. The highest BCUT2D eigenvalue weighted by Crippen LogP contribution is 1.86. The van der Waals surface area contributed by atoms with Crippen molar-refractivity contribution in [2.24, 2.45) is 0 Å². The molecule has 3 amide bonds. The van der Waals surface area contributed by atoms with Gasteiger partial charge in [-0.2, -0.15) is 0 Å². The van der Waals surface area contributed by atoms with Gasteiger partial charge >= 0.3 is 12.0 Å². The van der Waals surface area contributed by atoms with Crippen molar-refractivity contribution in [2.75, 3.05) is 20.1 Å². The van der Waals surface area contributed by atoms with Crippen LogP contribution in [0.15, 0.2) is 0 Å². The van der Waals surface area contributed by atoms with Crippen molar-refractivity contribution in [1.29, 1.82) is 0 Å². The molecule has 4 N–H and O–H groups in total. The number of aliphatic carboxylic acids is 1. The molecule has 0 fully saturated rings. The highest BCUT2D eigenvalue weighted by molar-refractivity contribution is 5.94. The lowest BCUT2D eigenvalue weighted by atomic mass is 10.3. The molecule has 7 nitrogen and oxygen atoms in total. The van der Waals surface area contributed by atoms with Crippen molar-refractivity contribution >= 4 is 17.9 Å². The summed E-state index contributed by atoms with van der Waals surface area (Å²) in [6, 6.07) is -0.532. The van der Waals surface area contributed by atoms with Gasteiger partial charge in [-0.25, -0.2) is 4.79 Å². The summed E-state index contributed by atoms with van der Waals surface area (Å²) in [6.45, 7) is 0.960. The quantitative estimate of drug-likeness (QED) is 0.433. The van der Waals surface area contributed by atoms with E-state index in [0.717, 1.165) is 0 Å². The summed E-state index contributed by atoms with van der Waals surface area (Å²) < 4.78 is 0. The maximum atomic E-state index is 11.0. The predicted octanol–water partition coefficient (Wildman–Crippen LogP) is -0.713. The number of carbonyl (C=O) groups is 3. The molecule has 0 saturated carbocycles. The molecule has 0 atom stereocenters. The van der Waals surface area contributed by atoms with E-state index in [1.807, 2.05) is 0 Å². The van der Waals surface area contributed by atoms with Crippen LogP contribution in [0.5, 0.6) is 0 Å². The lowest BCUT2D eigenvalue weighted by Gasteiger charge is -2.04. The molecule has 0 rings (SSSR count). The molecule has 16 heavy (non-hydrogen) atoms. The molecule has 0 aromatic heterocycles. The normalized spacial score (nSPS) is 9.56. The minimum atomic E-state index is -0.834. The van der Waals surface area contributed by atoms with E-state index in [4.69, 9.17) is 5.11 Å². The maximum Gasteiger partial charge on any atom is 0.321 e. The molecule has 0 aliphatic carbocycles. The lowest BCUT2D eigenvalue weighted by molar-refractivity contribution is -0.137. The second kappa shape index (κ2) is 8.66. The number of carboxylic acid groups (broad SMARTS) is 1. The summed E-state index contributed by atoms with van der Waals surface area (Å²) in [5.41, 5.74) is 0. The van der Waals surface area contributed by atoms with Gasteiger partial charge < -0.3 is 15.7 Å². The summed E-state index contributed by atoms with van der Waals surface area (Å²) in [5, 5.41) is 15.6. The fourth-order valence-electron chi connectivity index (χ4n) is 0.943. The van der Waals surface area contributed by atoms with Gasteiger partial charge in [-0.1, -0.05) is 0 Å². The molecule has 0 aliphatic heterocycles. The molecule has 0 aliphatic rings. The average molecular weight is 231 g/mol. The lowest BCUT2D eigenvalue weighted by Crippen LogP contribution is -2.38. The van der Waals surface area contributed by atoms with Crippen LogP contribution in [0.1, 0.15) is 19.3 Å². The number of hydrogen-bond acceptors (Lipinski definition) is 4. The topological polar surface area (TPSA) is 108 Å². The molecule has 0 unspecified atom stereocenters. The molecular formula is C9H17N3O4. The smallest absolute Gasteiger partial charge is 0.321 e. The molecule has 0 saturated heterocycles. The van der Waals surface area contributed by atoms with Gasteiger partial charge in [-0.05, 0) is 13.0 Å². The minimum Gasteiger partial charge on any atom is -0.481 e. The van der Waals surface area contributed by atoms with E-state index in [1.54, 1.807) is 0 Å². The highest BCUT2D eigenvalue weighted by Gasteiger charge is 2.04. The van der Waals surface area contributed by atoms with Gasteiger partial charge in [0.05, 0.1) is 0 Å². The van der Waals surface area contributed by atoms with E-state index in [0.29, 0.717) is 19.5 Å². The van der Waals surface area contributed by atoms with E-state index in [-0.39, 0.29) is 18.7 Å². The van der Waals surface area contributed by atoms with Crippen LogP contribution >= 0.6 is 0 Å². The van der Waals surface area contributed by atoms with Gasteiger partial charge in [0.2, 0.25) is 5.91 Å². The fourth-order valence-corrected chi connectivity index (χ4v) is 0.943.